The maximum absolute atomic E-state index is 16.2. The van der Waals surface area contributed by atoms with Gasteiger partial charge >= 0.3 is 12.1 Å². The summed E-state index contributed by atoms with van der Waals surface area (Å²) < 4.78 is 85.9. The molecule has 172 valence electrons. The summed E-state index contributed by atoms with van der Waals surface area (Å²) in [5, 5.41) is 0. The second kappa shape index (κ2) is 6.65. The van der Waals surface area contributed by atoms with Gasteiger partial charge in [0.25, 0.3) is 23.6 Å². The van der Waals surface area contributed by atoms with Crippen molar-refractivity contribution in [1.82, 2.24) is 9.80 Å². The molecule has 0 atom stereocenters. The molecule has 4 rings (SSSR count). The van der Waals surface area contributed by atoms with Crippen LogP contribution in [0.3, 0.4) is 0 Å². The van der Waals surface area contributed by atoms with Gasteiger partial charge in [-0.25, -0.2) is 4.39 Å². The van der Waals surface area contributed by atoms with E-state index in [2.05, 4.69) is 0 Å². The first-order valence-corrected chi connectivity index (χ1v) is 9.22. The van der Waals surface area contributed by atoms with Crippen molar-refractivity contribution >= 4 is 23.6 Å². The standard InChI is InChI=1S/C21H12F6N2O4/c1-28-15(30)11-5-3-9(7-13(11)17(28)32)19(22,20(23,24)21(25,26)27)10-4-6-12-14(8-10)18(33)29(2)16(12)31/h3-8H,1-2H3. The third kappa shape index (κ3) is 2.75. The summed E-state index contributed by atoms with van der Waals surface area (Å²) in [6, 6.07) is 3.59. The van der Waals surface area contributed by atoms with E-state index in [0.29, 0.717) is 34.1 Å². The van der Waals surface area contributed by atoms with Crippen LogP contribution in [0, 0.1) is 0 Å². The molecule has 0 bridgehead atoms. The molecule has 0 aromatic heterocycles. The van der Waals surface area contributed by atoms with Gasteiger partial charge in [0.1, 0.15) is 0 Å². The van der Waals surface area contributed by atoms with Crippen LogP contribution in [-0.2, 0) is 5.67 Å². The lowest BCUT2D eigenvalue weighted by Gasteiger charge is -2.35. The molecule has 6 nitrogen and oxygen atoms in total. The van der Waals surface area contributed by atoms with E-state index in [1.807, 2.05) is 0 Å². The van der Waals surface area contributed by atoms with E-state index in [0.717, 1.165) is 26.2 Å². The number of hydrogen-bond donors (Lipinski definition) is 0. The number of carbonyl (C=O) groups is 4. The van der Waals surface area contributed by atoms with E-state index >= 15 is 4.39 Å². The molecule has 0 N–H and O–H groups in total. The van der Waals surface area contributed by atoms with Crippen molar-refractivity contribution in [3.63, 3.8) is 0 Å². The second-order valence-corrected chi connectivity index (χ2v) is 7.59. The average Bonchev–Trinajstić information content (AvgIpc) is 3.11. The number of rotatable bonds is 3. The first-order valence-electron chi connectivity index (χ1n) is 9.22. The number of carbonyl (C=O) groups excluding carboxylic acids is 4. The molecule has 2 heterocycles. The van der Waals surface area contributed by atoms with Crippen LogP contribution in [0.15, 0.2) is 36.4 Å². The third-order valence-corrected chi connectivity index (χ3v) is 5.76. The molecule has 2 aliphatic heterocycles. The van der Waals surface area contributed by atoms with Gasteiger partial charge in [-0.15, -0.1) is 0 Å². The van der Waals surface area contributed by atoms with E-state index in [1.54, 1.807) is 0 Å². The predicted molar refractivity (Wildman–Crippen MR) is 98.6 cm³/mol. The molecule has 0 spiro atoms. The van der Waals surface area contributed by atoms with Gasteiger partial charge in [0, 0.05) is 25.2 Å². The molecule has 2 aromatic rings. The Bertz CT molecular complexity index is 1190. The maximum Gasteiger partial charge on any atom is 0.457 e. The van der Waals surface area contributed by atoms with Crippen molar-refractivity contribution in [1.29, 1.82) is 0 Å². The summed E-state index contributed by atoms with van der Waals surface area (Å²) in [7, 11) is 2.13. The fourth-order valence-corrected chi connectivity index (χ4v) is 3.88. The quantitative estimate of drug-likeness (QED) is 0.508. The molecule has 0 unspecified atom stereocenters. The van der Waals surface area contributed by atoms with Crippen LogP contribution in [-0.4, -0.2) is 59.6 Å². The Hall–Kier alpha value is -3.70. The molecule has 0 aliphatic carbocycles. The average molecular weight is 470 g/mol. The van der Waals surface area contributed by atoms with E-state index in [-0.39, 0.29) is 11.1 Å². The van der Waals surface area contributed by atoms with Crippen molar-refractivity contribution in [2.24, 2.45) is 0 Å². The molecular weight excluding hydrogens is 458 g/mol. The third-order valence-electron chi connectivity index (χ3n) is 5.76. The summed E-state index contributed by atoms with van der Waals surface area (Å²) in [6.07, 6.45) is -6.38. The predicted octanol–water partition coefficient (Wildman–Crippen LogP) is 3.55. The molecule has 4 amide bonds. The number of halogens is 6. The lowest BCUT2D eigenvalue weighted by atomic mass is 9.80. The van der Waals surface area contributed by atoms with Crippen molar-refractivity contribution in [2.45, 2.75) is 17.8 Å². The SMILES string of the molecule is CN1C(=O)c2ccc(C(F)(c3ccc4c(c3)C(=O)N(C)C4=O)C(F)(F)C(F)(F)F)cc2C1=O. The highest BCUT2D eigenvalue weighted by molar-refractivity contribution is 6.22. The monoisotopic (exact) mass is 470 g/mol. The lowest BCUT2D eigenvalue weighted by Crippen LogP contribution is -2.53. The highest BCUT2D eigenvalue weighted by atomic mass is 19.4. The topological polar surface area (TPSA) is 74.8 Å². The highest BCUT2D eigenvalue weighted by Gasteiger charge is 2.73. The molecule has 0 radical (unpaired) electrons. The molecule has 0 fully saturated rings. The fourth-order valence-electron chi connectivity index (χ4n) is 3.88. The first-order chi connectivity index (χ1) is 15.1. The molecule has 2 aromatic carbocycles. The number of hydrogen-bond acceptors (Lipinski definition) is 4. The highest BCUT2D eigenvalue weighted by Crippen LogP contribution is 2.55. The summed E-state index contributed by atoms with van der Waals surface area (Å²) in [5.74, 6) is -9.72. The van der Waals surface area contributed by atoms with Gasteiger partial charge in [-0.05, 0) is 24.3 Å². The van der Waals surface area contributed by atoms with Gasteiger partial charge in [-0.2, -0.15) is 22.0 Å². The Morgan fingerprint density at radius 1 is 0.576 bits per heavy atom. The molecule has 2 aliphatic rings. The Morgan fingerprint density at radius 3 is 1.24 bits per heavy atom. The van der Waals surface area contributed by atoms with Gasteiger partial charge < -0.3 is 0 Å². The Morgan fingerprint density at radius 2 is 0.909 bits per heavy atom. The molecule has 0 saturated carbocycles. The summed E-state index contributed by atoms with van der Waals surface area (Å²) in [6.45, 7) is 0. The minimum Gasteiger partial charge on any atom is -0.277 e. The number of alkyl halides is 6. The van der Waals surface area contributed by atoms with E-state index in [1.165, 1.54) is 0 Å². The smallest absolute Gasteiger partial charge is 0.277 e. The van der Waals surface area contributed by atoms with E-state index in [4.69, 9.17) is 0 Å². The second-order valence-electron chi connectivity index (χ2n) is 7.59. The molecular formula is C21H12F6N2O4. The van der Waals surface area contributed by atoms with Gasteiger partial charge in [0.2, 0.25) is 5.67 Å². The number of nitrogens with zero attached hydrogens (tertiary/aromatic N) is 2. The van der Waals surface area contributed by atoms with Gasteiger partial charge in [0.05, 0.1) is 22.3 Å². The van der Waals surface area contributed by atoms with Gasteiger partial charge in [0.15, 0.2) is 0 Å². The van der Waals surface area contributed by atoms with Crippen LogP contribution < -0.4 is 0 Å². The van der Waals surface area contributed by atoms with Gasteiger partial charge in [-0.3, -0.25) is 29.0 Å². The van der Waals surface area contributed by atoms with Crippen LogP contribution in [0.4, 0.5) is 26.3 Å². The maximum atomic E-state index is 16.2. The Balaban J connectivity index is 2.00. The fraction of sp³-hybridized carbons (Fsp3) is 0.238. The largest absolute Gasteiger partial charge is 0.457 e. The summed E-state index contributed by atoms with van der Waals surface area (Å²) in [4.78, 5) is 49.7. The zero-order valence-corrected chi connectivity index (χ0v) is 16.8. The zero-order chi connectivity index (χ0) is 24.7. The molecule has 12 heteroatoms. The van der Waals surface area contributed by atoms with Crippen molar-refractivity contribution in [2.75, 3.05) is 14.1 Å². The first kappa shape index (κ1) is 22.5. The Kier molecular flexibility index (Phi) is 4.54. The van der Waals surface area contributed by atoms with Crippen LogP contribution in [0.1, 0.15) is 52.6 Å². The van der Waals surface area contributed by atoms with Crippen LogP contribution in [0.25, 0.3) is 0 Å². The summed E-state index contributed by atoms with van der Waals surface area (Å²) >= 11 is 0. The normalized spacial score (nSPS) is 16.6. The van der Waals surface area contributed by atoms with Crippen LogP contribution in [0.5, 0.6) is 0 Å². The van der Waals surface area contributed by atoms with Crippen LogP contribution >= 0.6 is 0 Å². The molecule has 33 heavy (non-hydrogen) atoms. The van der Waals surface area contributed by atoms with E-state index < -0.39 is 63.7 Å². The van der Waals surface area contributed by atoms with Crippen LogP contribution in [0.2, 0.25) is 0 Å². The zero-order valence-electron chi connectivity index (χ0n) is 16.8. The van der Waals surface area contributed by atoms with E-state index in [9.17, 15) is 41.1 Å². The number of amides is 4. The van der Waals surface area contributed by atoms with Gasteiger partial charge in [-0.1, -0.05) is 12.1 Å². The lowest BCUT2D eigenvalue weighted by molar-refractivity contribution is -0.323. The number of benzene rings is 2. The molecule has 0 saturated heterocycles. The Labute approximate surface area is 181 Å². The van der Waals surface area contributed by atoms with Crippen molar-refractivity contribution in [3.05, 3.63) is 69.8 Å². The minimum absolute atomic E-state index is 0.291. The number of imide groups is 2. The van der Waals surface area contributed by atoms with Crippen molar-refractivity contribution in [3.8, 4) is 0 Å². The minimum atomic E-state index is -6.38. The summed E-state index contributed by atoms with van der Waals surface area (Å²) in [5.41, 5.74) is -8.81. The van der Waals surface area contributed by atoms with Crippen molar-refractivity contribution < 1.29 is 45.5 Å². The number of fused-ring (bicyclic) bond motifs is 2.